The van der Waals surface area contributed by atoms with Gasteiger partial charge in [-0.15, -0.1) is 0 Å². The molecule has 41 heavy (non-hydrogen) atoms. The first-order chi connectivity index (χ1) is 20.0. The number of nitrogens with one attached hydrogen (secondary N) is 1. The molecule has 0 fully saturated rings. The van der Waals surface area contributed by atoms with Crippen molar-refractivity contribution in [3.63, 3.8) is 0 Å². The van der Waals surface area contributed by atoms with Gasteiger partial charge in [0.2, 0.25) is 0 Å². The van der Waals surface area contributed by atoms with Crippen molar-refractivity contribution < 1.29 is 4.79 Å². The van der Waals surface area contributed by atoms with Crippen LogP contribution < -0.4 is 14.8 Å². The van der Waals surface area contributed by atoms with Gasteiger partial charge in [-0.2, -0.15) is 5.10 Å². The number of aryl methyl sites for hydroxylation is 1. The van der Waals surface area contributed by atoms with E-state index in [1.165, 1.54) is 3.93 Å². The Kier molecular flexibility index (Phi) is 4.97. The van der Waals surface area contributed by atoms with Gasteiger partial charge >= 0.3 is 0 Å². The summed E-state index contributed by atoms with van der Waals surface area (Å²) in [5.41, 5.74) is 4.43. The summed E-state index contributed by atoms with van der Waals surface area (Å²) in [4.78, 5) is 29.4. The molecule has 6 aromatic rings. The number of para-hydroxylation sites is 3. The third-order valence-electron chi connectivity index (χ3n) is 8.25. The number of anilines is 3. The van der Waals surface area contributed by atoms with Gasteiger partial charge in [0.1, 0.15) is 11.2 Å². The maximum absolute atomic E-state index is 14.9. The van der Waals surface area contributed by atoms with E-state index >= 15 is 0 Å². The number of hydrogen-bond donors (Lipinski definition) is 1. The lowest BCUT2D eigenvalue weighted by atomic mass is 9.67. The highest BCUT2D eigenvalue weighted by atomic mass is 79.9. The molecule has 1 amide bonds. The lowest BCUT2D eigenvalue weighted by Crippen LogP contribution is -2.47. The minimum Gasteiger partial charge on any atom is -0.339 e. The number of aromatic nitrogens is 3. The van der Waals surface area contributed by atoms with Gasteiger partial charge in [0.15, 0.2) is 0 Å². The van der Waals surface area contributed by atoms with Gasteiger partial charge in [0.05, 0.1) is 50.0 Å². The Bertz CT molecular complexity index is 2100. The van der Waals surface area contributed by atoms with Crippen molar-refractivity contribution in [2.24, 2.45) is 7.05 Å². The van der Waals surface area contributed by atoms with Crippen LogP contribution in [-0.2, 0) is 17.3 Å². The Hall–Kier alpha value is -4.95. The van der Waals surface area contributed by atoms with Gasteiger partial charge in [-0.05, 0) is 24.3 Å². The third kappa shape index (κ3) is 3.00. The van der Waals surface area contributed by atoms with Gasteiger partial charge in [-0.3, -0.25) is 9.59 Å². The third-order valence-corrected chi connectivity index (χ3v) is 8.95. The van der Waals surface area contributed by atoms with Crippen molar-refractivity contribution in [1.29, 1.82) is 0 Å². The molecule has 2 aliphatic rings. The highest BCUT2D eigenvalue weighted by molar-refractivity contribution is 9.10. The Labute approximate surface area is 243 Å². The van der Waals surface area contributed by atoms with Gasteiger partial charge in [0, 0.05) is 29.1 Å². The molecule has 1 atom stereocenters. The second-order valence-corrected chi connectivity index (χ2v) is 11.0. The van der Waals surface area contributed by atoms with E-state index in [4.69, 9.17) is 5.10 Å². The zero-order chi connectivity index (χ0) is 27.9. The topological polar surface area (TPSA) is 72.2 Å². The van der Waals surface area contributed by atoms with Crippen LogP contribution in [-0.4, -0.2) is 20.3 Å². The van der Waals surface area contributed by atoms with Crippen LogP contribution in [0.5, 0.6) is 0 Å². The van der Waals surface area contributed by atoms with E-state index in [-0.39, 0.29) is 11.5 Å². The molecule has 1 unspecified atom stereocenters. The molecule has 0 saturated heterocycles. The number of amides is 1. The zero-order valence-electron chi connectivity index (χ0n) is 21.9. The largest absolute Gasteiger partial charge is 0.339 e. The molecule has 198 valence electrons. The zero-order valence-corrected chi connectivity index (χ0v) is 23.5. The summed E-state index contributed by atoms with van der Waals surface area (Å²) in [6, 6.07) is 35.1. The SMILES string of the molecule is Cn1c(=O)c2c(c3ccccc31)Nc1c(c(-c3ccccc3)nn1-c1ccccc1)C21C(=O)N(Br)c2ccccc21. The van der Waals surface area contributed by atoms with Crippen molar-refractivity contribution in [2.75, 3.05) is 9.24 Å². The summed E-state index contributed by atoms with van der Waals surface area (Å²) in [5.74, 6) is 0.381. The first-order valence-electron chi connectivity index (χ1n) is 13.3. The number of halogens is 1. The fraction of sp³-hybridized carbons (Fsp3) is 0.0606. The molecule has 4 aromatic carbocycles. The number of nitrogens with zero attached hydrogens (tertiary/aromatic N) is 4. The summed E-state index contributed by atoms with van der Waals surface area (Å²) < 4.78 is 4.98. The molecule has 2 aromatic heterocycles. The first-order valence-corrected chi connectivity index (χ1v) is 14.0. The highest BCUT2D eigenvalue weighted by Crippen LogP contribution is 2.59. The Balaban J connectivity index is 1.62. The van der Waals surface area contributed by atoms with Crippen LogP contribution >= 0.6 is 16.1 Å². The second-order valence-electron chi connectivity index (χ2n) is 10.3. The van der Waals surface area contributed by atoms with E-state index in [1.54, 1.807) is 11.6 Å². The Morgan fingerprint density at radius 1 is 0.780 bits per heavy atom. The van der Waals surface area contributed by atoms with E-state index in [0.717, 1.165) is 27.7 Å². The van der Waals surface area contributed by atoms with E-state index < -0.39 is 5.41 Å². The summed E-state index contributed by atoms with van der Waals surface area (Å²) in [7, 11) is 1.76. The quantitative estimate of drug-likeness (QED) is 0.232. The number of rotatable bonds is 2. The molecule has 8 heteroatoms. The first kappa shape index (κ1) is 23.9. The summed E-state index contributed by atoms with van der Waals surface area (Å²) >= 11 is 3.57. The average molecular weight is 600 g/mol. The number of carbonyl (C=O) groups excluding carboxylic acids is 1. The average Bonchev–Trinajstić information content (AvgIpc) is 3.51. The van der Waals surface area contributed by atoms with E-state index in [2.05, 4.69) is 21.5 Å². The molecule has 0 saturated carbocycles. The van der Waals surface area contributed by atoms with Crippen molar-refractivity contribution in [3.8, 4) is 16.9 Å². The Morgan fingerprint density at radius 2 is 1.44 bits per heavy atom. The van der Waals surface area contributed by atoms with Gasteiger partial charge in [-0.25, -0.2) is 8.61 Å². The van der Waals surface area contributed by atoms with Crippen LogP contribution in [0, 0.1) is 0 Å². The number of benzene rings is 4. The number of hydrogen-bond acceptors (Lipinski definition) is 4. The molecule has 1 N–H and O–H groups in total. The molecule has 2 aliphatic heterocycles. The van der Waals surface area contributed by atoms with Crippen molar-refractivity contribution in [2.45, 2.75) is 5.41 Å². The molecular formula is C33H22BrN5O2. The minimum absolute atomic E-state index is 0.241. The van der Waals surface area contributed by atoms with Crippen molar-refractivity contribution in [3.05, 3.63) is 136 Å². The number of carbonyl (C=O) groups is 1. The van der Waals surface area contributed by atoms with Crippen LogP contribution in [0.25, 0.3) is 27.8 Å². The Morgan fingerprint density at radius 3 is 2.22 bits per heavy atom. The van der Waals surface area contributed by atoms with Gasteiger partial charge in [0.25, 0.3) is 11.5 Å². The van der Waals surface area contributed by atoms with Crippen LogP contribution in [0.4, 0.5) is 17.2 Å². The van der Waals surface area contributed by atoms with Crippen LogP contribution in [0.2, 0.25) is 0 Å². The predicted octanol–water partition coefficient (Wildman–Crippen LogP) is 6.44. The standard InChI is InChI=1S/C33H22BrN5O2/c1-37-24-18-10-8-16-22(24)29-27(31(37)40)33(23-17-9-11-19-25(23)38(34)32(33)41)26-28(20-12-4-2-5-13-20)36-39(30(26)35-29)21-14-6-3-7-15-21/h2-19,35H,1H3. The summed E-state index contributed by atoms with van der Waals surface area (Å²) in [6.45, 7) is 0. The predicted molar refractivity (Wildman–Crippen MR) is 164 cm³/mol. The van der Waals surface area contributed by atoms with Crippen LogP contribution in [0.1, 0.15) is 16.7 Å². The fourth-order valence-electron chi connectivity index (χ4n) is 6.48. The minimum atomic E-state index is -1.47. The number of pyridine rings is 1. The molecular weight excluding hydrogens is 578 g/mol. The lowest BCUT2D eigenvalue weighted by molar-refractivity contribution is -0.119. The molecule has 1 spiro atoms. The van der Waals surface area contributed by atoms with Crippen LogP contribution in [0.15, 0.2) is 114 Å². The molecule has 0 radical (unpaired) electrons. The van der Waals surface area contributed by atoms with Crippen molar-refractivity contribution >= 4 is 50.1 Å². The maximum Gasteiger partial charge on any atom is 0.257 e. The van der Waals surface area contributed by atoms with E-state index in [1.807, 2.05) is 114 Å². The second kappa shape index (κ2) is 8.52. The fourth-order valence-corrected chi connectivity index (χ4v) is 7.05. The summed E-state index contributed by atoms with van der Waals surface area (Å²) in [5, 5.41) is 9.63. The molecule has 0 aliphatic carbocycles. The van der Waals surface area contributed by atoms with Crippen LogP contribution in [0.3, 0.4) is 0 Å². The number of fused-ring (bicyclic) bond motifs is 8. The lowest BCUT2D eigenvalue weighted by Gasteiger charge is -2.36. The molecule has 8 rings (SSSR count). The summed E-state index contributed by atoms with van der Waals surface area (Å²) in [6.07, 6.45) is 0. The van der Waals surface area contributed by atoms with Crippen molar-refractivity contribution in [1.82, 2.24) is 14.3 Å². The maximum atomic E-state index is 14.9. The smallest absolute Gasteiger partial charge is 0.257 e. The van der Waals surface area contributed by atoms with E-state index in [9.17, 15) is 9.59 Å². The van der Waals surface area contributed by atoms with Gasteiger partial charge in [-0.1, -0.05) is 84.9 Å². The van der Waals surface area contributed by atoms with E-state index in [0.29, 0.717) is 34.0 Å². The monoisotopic (exact) mass is 599 g/mol. The van der Waals surface area contributed by atoms with Gasteiger partial charge < -0.3 is 9.88 Å². The molecule has 4 heterocycles. The normalized spacial score (nSPS) is 16.9. The molecule has 7 nitrogen and oxygen atoms in total. The molecule has 0 bridgehead atoms. The highest BCUT2D eigenvalue weighted by Gasteiger charge is 2.60.